The maximum Gasteiger partial charge on any atom is 0.488 e. The summed E-state index contributed by atoms with van der Waals surface area (Å²) in [5.41, 5.74) is 3.05. The van der Waals surface area contributed by atoms with Crippen molar-refractivity contribution >= 4 is 64.9 Å². The molecule has 0 fully saturated rings. The number of amides is 1. The van der Waals surface area contributed by atoms with Gasteiger partial charge in [0.1, 0.15) is 17.7 Å². The zero-order valence-corrected chi connectivity index (χ0v) is 22.5. The number of fused-ring (bicyclic) bond motifs is 1. The Balaban J connectivity index is 1.86. The van der Waals surface area contributed by atoms with Gasteiger partial charge in [0.25, 0.3) is 0 Å². The number of halogens is 1. The van der Waals surface area contributed by atoms with E-state index in [1.54, 1.807) is 37.3 Å². The average Bonchev–Trinajstić information content (AvgIpc) is 2.99. The van der Waals surface area contributed by atoms with E-state index in [4.69, 9.17) is 27.4 Å². The summed E-state index contributed by atoms with van der Waals surface area (Å²) < 4.78 is 0. The summed E-state index contributed by atoms with van der Waals surface area (Å²) >= 11 is 7.59. The molecule has 0 unspecified atom stereocenters. The van der Waals surface area contributed by atoms with Crippen LogP contribution in [0.2, 0.25) is 5.02 Å². The molecule has 0 saturated heterocycles. The lowest BCUT2D eigenvalue weighted by atomic mass is 9.80. The Morgan fingerprint density at radius 1 is 1.13 bits per heavy atom. The minimum atomic E-state index is -1.57. The lowest BCUT2D eigenvalue weighted by Crippen LogP contribution is -2.42. The first-order chi connectivity index (χ1) is 18.2. The first-order valence-corrected chi connectivity index (χ1v) is 13.2. The van der Waals surface area contributed by atoms with Crippen LogP contribution in [-0.4, -0.2) is 53.0 Å². The predicted octanol–water partition coefficient (Wildman–Crippen LogP) is 3.70. The minimum absolute atomic E-state index is 0.0284. The molecular weight excluding hydrogens is 521 g/mol. The summed E-state index contributed by atoms with van der Waals surface area (Å²) in [4.78, 5) is 20.6. The molecule has 0 saturated carbocycles. The van der Waals surface area contributed by atoms with E-state index in [9.17, 15) is 14.8 Å². The molecule has 1 atom stereocenters. The quantitative estimate of drug-likeness (QED) is 0.175. The number of anilines is 1. The van der Waals surface area contributed by atoms with Gasteiger partial charge in [-0.05, 0) is 61.8 Å². The molecule has 1 aliphatic rings. The highest BCUT2D eigenvalue weighted by Crippen LogP contribution is 2.35. The van der Waals surface area contributed by atoms with Crippen molar-refractivity contribution < 1.29 is 14.8 Å². The number of nitrogens with zero attached hydrogens (tertiary/aromatic N) is 2. The number of hydrogen-bond acceptors (Lipinski definition) is 7. The second-order valence-corrected chi connectivity index (χ2v) is 10.3. The Labute approximate surface area is 230 Å². The third-order valence-corrected chi connectivity index (χ3v) is 7.13. The van der Waals surface area contributed by atoms with Crippen molar-refractivity contribution in [2.45, 2.75) is 36.1 Å². The largest absolute Gasteiger partial charge is 0.488 e. The fraction of sp³-hybridized carbons (Fsp3) is 0.185. The number of amidine groups is 2. The summed E-state index contributed by atoms with van der Waals surface area (Å²) in [6, 6.07) is 19.1. The van der Waals surface area contributed by atoms with Gasteiger partial charge in [0.2, 0.25) is 5.91 Å². The highest BCUT2D eigenvalue weighted by atomic mass is 35.5. The van der Waals surface area contributed by atoms with E-state index in [1.807, 2.05) is 43.3 Å². The Hall–Kier alpha value is -3.44. The van der Waals surface area contributed by atoms with Gasteiger partial charge in [-0.2, -0.15) is 0 Å². The molecule has 194 valence electrons. The molecule has 38 heavy (non-hydrogen) atoms. The number of rotatable bonds is 7. The van der Waals surface area contributed by atoms with Crippen molar-refractivity contribution in [3.63, 3.8) is 0 Å². The van der Waals surface area contributed by atoms with E-state index < -0.39 is 13.2 Å². The Kier molecular flexibility index (Phi) is 8.68. The summed E-state index contributed by atoms with van der Waals surface area (Å²) in [6.07, 6.45) is -0.0284. The van der Waals surface area contributed by atoms with Gasteiger partial charge in [-0.1, -0.05) is 47.6 Å². The highest BCUT2D eigenvalue weighted by molar-refractivity contribution is 7.99. The van der Waals surface area contributed by atoms with Crippen LogP contribution in [-0.2, 0) is 4.79 Å². The highest BCUT2D eigenvalue weighted by Gasteiger charge is 2.32. The predicted molar refractivity (Wildman–Crippen MR) is 155 cm³/mol. The van der Waals surface area contributed by atoms with E-state index in [1.165, 1.54) is 16.7 Å². The monoisotopic (exact) mass is 547 g/mol. The van der Waals surface area contributed by atoms with Crippen LogP contribution in [0, 0.1) is 10.8 Å². The summed E-state index contributed by atoms with van der Waals surface area (Å²) in [6.45, 7) is 3.90. The first kappa shape index (κ1) is 27.6. The third-order valence-electron chi connectivity index (χ3n) is 5.90. The number of aliphatic imine (C=N–C) groups is 1. The van der Waals surface area contributed by atoms with Gasteiger partial charge in [-0.25, -0.2) is 0 Å². The molecule has 0 spiro atoms. The second-order valence-electron chi connectivity index (χ2n) is 8.69. The fourth-order valence-electron chi connectivity index (χ4n) is 4.19. The molecule has 8 nitrogen and oxygen atoms in total. The number of hydrogen-bond donors (Lipinski definition) is 5. The van der Waals surface area contributed by atoms with Crippen LogP contribution >= 0.6 is 23.4 Å². The van der Waals surface area contributed by atoms with Crippen LogP contribution < -0.4 is 15.7 Å². The molecule has 1 heterocycles. The molecule has 1 amide bonds. The average molecular weight is 548 g/mol. The Morgan fingerprint density at radius 2 is 1.84 bits per heavy atom. The lowest BCUT2D eigenvalue weighted by Gasteiger charge is -2.26. The van der Waals surface area contributed by atoms with Crippen molar-refractivity contribution in [3.05, 3.63) is 82.9 Å². The zero-order chi connectivity index (χ0) is 27.4. The molecule has 1 aliphatic heterocycles. The number of benzene rings is 3. The fourth-order valence-corrected chi connectivity index (χ4v) is 5.24. The van der Waals surface area contributed by atoms with Crippen LogP contribution in [0.1, 0.15) is 31.4 Å². The van der Waals surface area contributed by atoms with E-state index in [0.29, 0.717) is 34.0 Å². The molecule has 0 bridgehead atoms. The number of carbonyl (C=O) groups excluding carboxylic acids is 1. The molecular formula is C27H27BClN5O3S. The summed E-state index contributed by atoms with van der Waals surface area (Å²) in [5.74, 6) is -0.0501. The first-order valence-electron chi connectivity index (χ1n) is 12.0. The van der Waals surface area contributed by atoms with Gasteiger partial charge in [0, 0.05) is 32.5 Å². The molecule has 3 aromatic carbocycles. The number of nitrogens with one attached hydrogen (secondary N) is 3. The smallest absolute Gasteiger partial charge is 0.423 e. The van der Waals surface area contributed by atoms with Crippen molar-refractivity contribution in [1.29, 1.82) is 10.8 Å². The third kappa shape index (κ3) is 6.16. The van der Waals surface area contributed by atoms with Crippen LogP contribution in [0.15, 0.2) is 81.5 Å². The van der Waals surface area contributed by atoms with Gasteiger partial charge in [-0.15, -0.1) is 0 Å². The van der Waals surface area contributed by atoms with E-state index in [2.05, 4.69) is 5.32 Å². The van der Waals surface area contributed by atoms with Crippen molar-refractivity contribution in [1.82, 2.24) is 5.32 Å². The van der Waals surface area contributed by atoms with Gasteiger partial charge < -0.3 is 15.4 Å². The van der Waals surface area contributed by atoms with E-state index in [-0.39, 0.29) is 24.0 Å². The van der Waals surface area contributed by atoms with Gasteiger partial charge in [0.15, 0.2) is 0 Å². The normalized spacial score (nSPS) is 14.9. The SMILES string of the molecule is CCNC(=O)C[C@@H]1N=C(c2ccc(Cl)cc2)c2cc(Sc3cccc(B(O)O)c3)ccc2N(C(C)=N)C1=N. The zero-order valence-electron chi connectivity index (χ0n) is 20.9. The van der Waals surface area contributed by atoms with Gasteiger partial charge >= 0.3 is 7.12 Å². The Morgan fingerprint density at radius 3 is 2.50 bits per heavy atom. The summed E-state index contributed by atoms with van der Waals surface area (Å²) in [5, 5.41) is 39.9. The summed E-state index contributed by atoms with van der Waals surface area (Å²) in [7, 11) is -1.57. The van der Waals surface area contributed by atoms with E-state index in [0.717, 1.165) is 15.4 Å². The molecule has 11 heteroatoms. The maximum absolute atomic E-state index is 12.5. The molecule has 5 N–H and O–H groups in total. The lowest BCUT2D eigenvalue weighted by molar-refractivity contribution is -0.121. The van der Waals surface area contributed by atoms with Crippen LogP contribution in [0.5, 0.6) is 0 Å². The molecule has 3 aromatic rings. The molecule has 4 rings (SSSR count). The van der Waals surface area contributed by atoms with E-state index >= 15 is 0 Å². The number of carbonyl (C=O) groups is 1. The molecule has 0 aliphatic carbocycles. The van der Waals surface area contributed by atoms with Crippen LogP contribution in [0.25, 0.3) is 0 Å². The maximum atomic E-state index is 12.5. The van der Waals surface area contributed by atoms with Gasteiger partial charge in [-0.3, -0.25) is 25.5 Å². The molecule has 0 radical (unpaired) electrons. The van der Waals surface area contributed by atoms with Crippen molar-refractivity contribution in [2.24, 2.45) is 4.99 Å². The topological polar surface area (TPSA) is 133 Å². The van der Waals surface area contributed by atoms with Crippen LogP contribution in [0.3, 0.4) is 0 Å². The van der Waals surface area contributed by atoms with Crippen LogP contribution in [0.4, 0.5) is 5.69 Å². The number of benzodiazepines with no additional fused rings is 1. The van der Waals surface area contributed by atoms with Gasteiger partial charge in [0.05, 0.1) is 17.8 Å². The second kappa shape index (κ2) is 12.0. The van der Waals surface area contributed by atoms with Crippen molar-refractivity contribution in [3.8, 4) is 0 Å². The molecule has 0 aromatic heterocycles. The Bertz CT molecular complexity index is 1410. The van der Waals surface area contributed by atoms with Crippen molar-refractivity contribution in [2.75, 3.05) is 11.4 Å². The minimum Gasteiger partial charge on any atom is -0.423 e. The standard InChI is InChI=1S/C27H27BClN5O3S/c1-3-32-25(35)15-23-27(31)34(16(2)30)24-12-11-21(38-20-6-4-5-18(13-20)28(36)37)14-22(24)26(33-23)17-7-9-19(29)10-8-17/h4-14,23,30-31,36-37H,3,15H2,1-2H3,(H,32,35)/t23-/m0/s1.